The number of nitrogens with two attached hydrogens (primary N) is 1. The van der Waals surface area contributed by atoms with Gasteiger partial charge in [0, 0.05) is 19.4 Å². The molecule has 0 radical (unpaired) electrons. The van der Waals surface area contributed by atoms with E-state index in [4.69, 9.17) is 24.3 Å². The van der Waals surface area contributed by atoms with Crippen molar-refractivity contribution in [2.24, 2.45) is 5.73 Å². The molecule has 3 N–H and O–H groups in total. The monoisotopic (exact) mass is 792 g/mol. The highest BCUT2D eigenvalue weighted by atomic mass is 31.2. The average molecular weight is 792 g/mol. The summed E-state index contributed by atoms with van der Waals surface area (Å²) < 4.78 is 32.7. The van der Waals surface area contributed by atoms with Crippen LogP contribution >= 0.6 is 7.82 Å². The molecule has 55 heavy (non-hydrogen) atoms. The molecule has 9 nitrogen and oxygen atoms in total. The van der Waals surface area contributed by atoms with Gasteiger partial charge in [-0.3, -0.25) is 18.6 Å². The predicted octanol–water partition coefficient (Wildman–Crippen LogP) is 12.3. The summed E-state index contributed by atoms with van der Waals surface area (Å²) in [5.41, 5.74) is 5.34. The van der Waals surface area contributed by atoms with Crippen LogP contribution in [0.25, 0.3) is 0 Å². The highest BCUT2D eigenvalue weighted by Gasteiger charge is 2.26. The second-order valence-corrected chi connectivity index (χ2v) is 15.3. The van der Waals surface area contributed by atoms with Crippen LogP contribution in [0.1, 0.15) is 168 Å². The number of rotatable bonds is 39. The first kappa shape index (κ1) is 52.5. The van der Waals surface area contributed by atoms with Crippen LogP contribution in [0.4, 0.5) is 0 Å². The lowest BCUT2D eigenvalue weighted by Crippen LogP contribution is -2.29. The zero-order valence-corrected chi connectivity index (χ0v) is 35.5. The molecule has 316 valence electrons. The standard InChI is InChI=1S/C45H78NO8P/c1-3-5-7-9-11-13-15-17-19-21-23-25-27-29-31-33-35-37-44(47)51-41-43(42-53-55(49,50)52-40-39-46)54-45(48)38-36-34-32-30-28-26-24-22-20-18-16-14-12-10-8-6-4-2/h5,7,11-14,17-20,23,25,43H,3-4,6,8-10,15-16,21-22,24,26-42,46H2,1-2H3,(H,49,50)/t43-/m1/s1. The summed E-state index contributed by atoms with van der Waals surface area (Å²) in [5, 5.41) is 0. The Morgan fingerprint density at radius 3 is 1.49 bits per heavy atom. The number of ether oxygens (including phenoxy) is 2. The molecular weight excluding hydrogens is 713 g/mol. The van der Waals surface area contributed by atoms with Gasteiger partial charge in [-0.1, -0.05) is 145 Å². The molecule has 0 saturated heterocycles. The summed E-state index contributed by atoms with van der Waals surface area (Å²) in [6.45, 7) is 3.54. The normalized spacial score (nSPS) is 14.0. The molecule has 0 spiro atoms. The van der Waals surface area contributed by atoms with Crippen molar-refractivity contribution in [2.45, 2.75) is 174 Å². The first-order chi connectivity index (χ1) is 26.8. The molecule has 0 aliphatic heterocycles. The predicted molar refractivity (Wildman–Crippen MR) is 229 cm³/mol. The Labute approximate surface area is 335 Å². The van der Waals surface area contributed by atoms with Crippen molar-refractivity contribution in [1.29, 1.82) is 0 Å². The molecule has 0 aromatic heterocycles. The van der Waals surface area contributed by atoms with Gasteiger partial charge in [-0.2, -0.15) is 0 Å². The van der Waals surface area contributed by atoms with Gasteiger partial charge in [0.25, 0.3) is 0 Å². The molecular formula is C45H78NO8P. The summed E-state index contributed by atoms with van der Waals surface area (Å²) in [6.07, 6.45) is 49.2. The van der Waals surface area contributed by atoms with Crippen LogP contribution in [-0.4, -0.2) is 49.3 Å². The SMILES string of the molecule is CCC=CCC=CCC=CCC=CCCCCCCC(=O)OC[C@H](COP(=O)(O)OCCN)OC(=O)CCCCCCCCCC=CCC=CCCCCC. The van der Waals surface area contributed by atoms with Crippen LogP contribution in [0.2, 0.25) is 0 Å². The highest BCUT2D eigenvalue weighted by Crippen LogP contribution is 2.43. The molecule has 0 bridgehead atoms. The molecule has 0 aliphatic rings. The Morgan fingerprint density at radius 1 is 0.564 bits per heavy atom. The first-order valence-corrected chi connectivity index (χ1v) is 22.9. The van der Waals surface area contributed by atoms with Gasteiger partial charge in [0.2, 0.25) is 0 Å². The zero-order valence-electron chi connectivity index (χ0n) is 34.6. The maximum Gasteiger partial charge on any atom is 0.472 e. The molecule has 0 aliphatic carbocycles. The molecule has 0 amide bonds. The average Bonchev–Trinajstić information content (AvgIpc) is 3.17. The van der Waals surface area contributed by atoms with E-state index in [9.17, 15) is 19.0 Å². The number of esters is 2. The summed E-state index contributed by atoms with van der Waals surface area (Å²) in [4.78, 5) is 34.9. The minimum atomic E-state index is -4.39. The fourth-order valence-electron chi connectivity index (χ4n) is 5.42. The lowest BCUT2D eigenvalue weighted by molar-refractivity contribution is -0.161. The molecule has 1 unspecified atom stereocenters. The van der Waals surface area contributed by atoms with E-state index in [1.165, 1.54) is 44.9 Å². The van der Waals surface area contributed by atoms with Crippen molar-refractivity contribution in [1.82, 2.24) is 0 Å². The maximum atomic E-state index is 12.6. The summed E-state index contributed by atoms with van der Waals surface area (Å²) >= 11 is 0. The van der Waals surface area contributed by atoms with Gasteiger partial charge < -0.3 is 20.1 Å². The van der Waals surface area contributed by atoms with Gasteiger partial charge in [0.15, 0.2) is 6.10 Å². The third-order valence-corrected chi connectivity index (χ3v) is 9.56. The minimum Gasteiger partial charge on any atom is -0.462 e. The summed E-state index contributed by atoms with van der Waals surface area (Å²) in [6, 6.07) is 0. The van der Waals surface area contributed by atoms with E-state index in [1.807, 2.05) is 0 Å². The number of phosphoric ester groups is 1. The fraction of sp³-hybridized carbons (Fsp3) is 0.689. The molecule has 0 fully saturated rings. The van der Waals surface area contributed by atoms with Crippen LogP contribution in [-0.2, 0) is 32.7 Å². The van der Waals surface area contributed by atoms with E-state index in [0.29, 0.717) is 12.8 Å². The van der Waals surface area contributed by atoms with E-state index >= 15 is 0 Å². The van der Waals surface area contributed by atoms with Gasteiger partial charge in [0.1, 0.15) is 6.61 Å². The lowest BCUT2D eigenvalue weighted by Gasteiger charge is -2.19. The fourth-order valence-corrected chi connectivity index (χ4v) is 6.18. The third-order valence-electron chi connectivity index (χ3n) is 8.58. The maximum absolute atomic E-state index is 12.6. The number of unbranched alkanes of at least 4 members (excludes halogenated alkanes) is 14. The van der Waals surface area contributed by atoms with Crippen molar-refractivity contribution in [3.8, 4) is 0 Å². The van der Waals surface area contributed by atoms with Gasteiger partial charge in [0.05, 0.1) is 13.2 Å². The summed E-state index contributed by atoms with van der Waals surface area (Å²) in [5.74, 6) is -0.871. The quantitative estimate of drug-likeness (QED) is 0.0270. The number of carbonyl (C=O) groups is 2. The van der Waals surface area contributed by atoms with E-state index in [0.717, 1.165) is 83.5 Å². The lowest BCUT2D eigenvalue weighted by atomic mass is 10.1. The van der Waals surface area contributed by atoms with Crippen molar-refractivity contribution in [3.05, 3.63) is 72.9 Å². The molecule has 0 saturated carbocycles. The van der Waals surface area contributed by atoms with Crippen molar-refractivity contribution in [2.75, 3.05) is 26.4 Å². The Morgan fingerprint density at radius 2 is 1.00 bits per heavy atom. The van der Waals surface area contributed by atoms with Gasteiger partial charge >= 0.3 is 19.8 Å². The number of hydrogen-bond acceptors (Lipinski definition) is 8. The molecule has 0 aromatic rings. The Hall–Kier alpha value is -2.55. The minimum absolute atomic E-state index is 0.0447. The topological polar surface area (TPSA) is 134 Å². The van der Waals surface area contributed by atoms with E-state index in [-0.39, 0.29) is 32.6 Å². The van der Waals surface area contributed by atoms with Crippen LogP contribution in [0, 0.1) is 0 Å². The van der Waals surface area contributed by atoms with Crippen LogP contribution in [0.5, 0.6) is 0 Å². The van der Waals surface area contributed by atoms with Crippen LogP contribution in [0.15, 0.2) is 72.9 Å². The molecule has 0 rings (SSSR count). The van der Waals surface area contributed by atoms with Crippen molar-refractivity contribution in [3.63, 3.8) is 0 Å². The molecule has 0 heterocycles. The Kier molecular flexibility index (Phi) is 39.2. The second-order valence-electron chi connectivity index (χ2n) is 13.8. The van der Waals surface area contributed by atoms with E-state index in [2.05, 4.69) is 86.8 Å². The van der Waals surface area contributed by atoms with Gasteiger partial charge in [-0.25, -0.2) is 4.57 Å². The second kappa shape index (κ2) is 41.1. The van der Waals surface area contributed by atoms with E-state index in [1.54, 1.807) is 0 Å². The van der Waals surface area contributed by atoms with Gasteiger partial charge in [-0.05, 0) is 83.5 Å². The highest BCUT2D eigenvalue weighted by molar-refractivity contribution is 7.47. The largest absolute Gasteiger partial charge is 0.472 e. The summed E-state index contributed by atoms with van der Waals surface area (Å²) in [7, 11) is -4.39. The smallest absolute Gasteiger partial charge is 0.462 e. The van der Waals surface area contributed by atoms with E-state index < -0.39 is 32.5 Å². The van der Waals surface area contributed by atoms with Crippen LogP contribution < -0.4 is 5.73 Å². The molecule has 10 heteroatoms. The van der Waals surface area contributed by atoms with Crippen molar-refractivity contribution >= 4 is 19.8 Å². The zero-order chi connectivity index (χ0) is 40.3. The Bertz CT molecular complexity index is 1130. The first-order valence-electron chi connectivity index (χ1n) is 21.4. The molecule has 2 atom stereocenters. The van der Waals surface area contributed by atoms with Crippen LogP contribution in [0.3, 0.4) is 0 Å². The van der Waals surface area contributed by atoms with Crippen molar-refractivity contribution < 1.29 is 37.6 Å². The Balaban J connectivity index is 4.23. The third kappa shape index (κ3) is 40.9. The number of allylic oxidation sites excluding steroid dienone is 12. The van der Waals surface area contributed by atoms with Gasteiger partial charge in [-0.15, -0.1) is 0 Å². The number of phosphoric acid groups is 1. The number of carbonyl (C=O) groups excluding carboxylic acids is 2. The number of hydrogen-bond donors (Lipinski definition) is 2. The molecule has 0 aromatic carbocycles.